The molecule has 0 saturated carbocycles. The molecule has 0 bridgehead atoms. The fourth-order valence-corrected chi connectivity index (χ4v) is 2.08. The molecule has 0 aliphatic heterocycles. The molecule has 0 heterocycles. The summed E-state index contributed by atoms with van der Waals surface area (Å²) in [5.74, 6) is 0.889. The van der Waals surface area contributed by atoms with Crippen molar-refractivity contribution >= 4 is 17.3 Å². The first-order valence-corrected chi connectivity index (χ1v) is 7.58. The third-order valence-corrected chi connectivity index (χ3v) is 3.44. The van der Waals surface area contributed by atoms with Gasteiger partial charge in [0.15, 0.2) is 5.96 Å². The van der Waals surface area contributed by atoms with E-state index in [1.54, 1.807) is 0 Å². The van der Waals surface area contributed by atoms with E-state index < -0.39 is 0 Å². The van der Waals surface area contributed by atoms with Crippen molar-refractivity contribution in [2.75, 3.05) is 17.2 Å². The van der Waals surface area contributed by atoms with Crippen LogP contribution in [0.15, 0.2) is 65.7 Å². The van der Waals surface area contributed by atoms with E-state index in [9.17, 15) is 0 Å². The van der Waals surface area contributed by atoms with E-state index in [4.69, 9.17) is 5.73 Å². The first-order valence-electron chi connectivity index (χ1n) is 7.58. The standard InChI is InChI=1S/C18H24N4/c1-14(2)17(21-15-9-5-3-6-10-15)13-20-18(19)22-16-11-7-4-8-12-16/h3-12,14,17,21H,13H2,1-2H3,(H3,19,20,22). The molecule has 4 heteroatoms. The average Bonchev–Trinajstić information content (AvgIpc) is 2.53. The van der Waals surface area contributed by atoms with Gasteiger partial charge in [-0.15, -0.1) is 0 Å². The zero-order valence-electron chi connectivity index (χ0n) is 13.2. The molecule has 0 spiro atoms. The molecule has 2 aromatic carbocycles. The van der Waals surface area contributed by atoms with Crippen LogP contribution in [0.5, 0.6) is 0 Å². The topological polar surface area (TPSA) is 62.4 Å². The molecule has 116 valence electrons. The third-order valence-electron chi connectivity index (χ3n) is 3.44. The molecule has 0 fully saturated rings. The minimum absolute atomic E-state index is 0.235. The number of guanidine groups is 1. The van der Waals surface area contributed by atoms with Gasteiger partial charge in [0.2, 0.25) is 0 Å². The number of hydrogen-bond acceptors (Lipinski definition) is 2. The molecule has 0 amide bonds. The van der Waals surface area contributed by atoms with Crippen molar-refractivity contribution in [3.63, 3.8) is 0 Å². The van der Waals surface area contributed by atoms with Crippen LogP contribution in [0.25, 0.3) is 0 Å². The van der Waals surface area contributed by atoms with Crippen molar-refractivity contribution < 1.29 is 0 Å². The Labute approximate surface area is 132 Å². The smallest absolute Gasteiger partial charge is 0.193 e. The summed E-state index contributed by atoms with van der Waals surface area (Å²) in [7, 11) is 0. The number of hydrogen-bond donors (Lipinski definition) is 3. The largest absolute Gasteiger partial charge is 0.380 e. The van der Waals surface area contributed by atoms with Crippen LogP contribution in [0.4, 0.5) is 11.4 Å². The number of rotatable bonds is 6. The predicted molar refractivity (Wildman–Crippen MR) is 95.2 cm³/mol. The van der Waals surface area contributed by atoms with Gasteiger partial charge < -0.3 is 16.4 Å². The van der Waals surface area contributed by atoms with Gasteiger partial charge in [0.05, 0.1) is 6.54 Å². The SMILES string of the molecule is CC(C)C(CN=C(N)Nc1ccccc1)Nc1ccccc1. The van der Waals surface area contributed by atoms with Crippen molar-refractivity contribution in [1.82, 2.24) is 0 Å². The zero-order valence-corrected chi connectivity index (χ0v) is 13.2. The summed E-state index contributed by atoms with van der Waals surface area (Å²) in [5.41, 5.74) is 8.01. The van der Waals surface area contributed by atoms with Crippen LogP contribution in [0, 0.1) is 5.92 Å². The molecule has 4 N–H and O–H groups in total. The fourth-order valence-electron chi connectivity index (χ4n) is 2.08. The van der Waals surface area contributed by atoms with Crippen molar-refractivity contribution in [2.24, 2.45) is 16.6 Å². The number of aliphatic imine (C=N–C) groups is 1. The van der Waals surface area contributed by atoms with Crippen molar-refractivity contribution in [1.29, 1.82) is 0 Å². The molecule has 0 radical (unpaired) electrons. The third kappa shape index (κ3) is 5.13. The monoisotopic (exact) mass is 296 g/mol. The highest BCUT2D eigenvalue weighted by Gasteiger charge is 2.12. The Morgan fingerprint density at radius 3 is 2.05 bits per heavy atom. The Morgan fingerprint density at radius 1 is 0.955 bits per heavy atom. The fraction of sp³-hybridized carbons (Fsp3) is 0.278. The van der Waals surface area contributed by atoms with E-state index in [0.29, 0.717) is 18.4 Å². The second-order valence-corrected chi connectivity index (χ2v) is 5.58. The summed E-state index contributed by atoms with van der Waals surface area (Å²) in [6.07, 6.45) is 0. The summed E-state index contributed by atoms with van der Waals surface area (Å²) >= 11 is 0. The molecular formula is C18H24N4. The Balaban J connectivity index is 1.94. The van der Waals surface area contributed by atoms with E-state index in [-0.39, 0.29) is 6.04 Å². The van der Waals surface area contributed by atoms with Crippen LogP contribution in [-0.2, 0) is 0 Å². The molecule has 0 aromatic heterocycles. The van der Waals surface area contributed by atoms with Crippen molar-refractivity contribution in [3.05, 3.63) is 60.7 Å². The van der Waals surface area contributed by atoms with E-state index in [1.165, 1.54) is 0 Å². The Morgan fingerprint density at radius 2 is 1.50 bits per heavy atom. The highest BCUT2D eigenvalue weighted by molar-refractivity contribution is 5.92. The molecule has 4 nitrogen and oxygen atoms in total. The molecule has 2 rings (SSSR count). The van der Waals surface area contributed by atoms with Crippen LogP contribution in [0.1, 0.15) is 13.8 Å². The van der Waals surface area contributed by atoms with Gasteiger partial charge in [-0.05, 0) is 30.2 Å². The number of para-hydroxylation sites is 2. The lowest BCUT2D eigenvalue weighted by molar-refractivity contribution is 0.532. The van der Waals surface area contributed by atoms with E-state index >= 15 is 0 Å². The number of nitrogens with two attached hydrogens (primary N) is 1. The highest BCUT2D eigenvalue weighted by Crippen LogP contribution is 2.12. The van der Waals surface area contributed by atoms with Crippen LogP contribution in [0.3, 0.4) is 0 Å². The lowest BCUT2D eigenvalue weighted by atomic mass is 10.0. The molecule has 2 aromatic rings. The molecule has 1 unspecified atom stereocenters. The number of nitrogens with zero attached hydrogens (tertiary/aromatic N) is 1. The number of anilines is 2. The van der Waals surface area contributed by atoms with E-state index in [0.717, 1.165) is 11.4 Å². The predicted octanol–water partition coefficient (Wildman–Crippen LogP) is 3.55. The molecule has 1 atom stereocenters. The van der Waals surface area contributed by atoms with Crippen molar-refractivity contribution in [2.45, 2.75) is 19.9 Å². The maximum atomic E-state index is 5.96. The van der Waals surface area contributed by atoms with Gasteiger partial charge in [-0.3, -0.25) is 4.99 Å². The van der Waals surface area contributed by atoms with Gasteiger partial charge in [-0.2, -0.15) is 0 Å². The molecule has 0 saturated heterocycles. The highest BCUT2D eigenvalue weighted by atomic mass is 15.1. The van der Waals surface area contributed by atoms with Gasteiger partial charge in [-0.1, -0.05) is 50.2 Å². The Hall–Kier alpha value is -2.49. The number of nitrogens with one attached hydrogen (secondary N) is 2. The van der Waals surface area contributed by atoms with Gasteiger partial charge >= 0.3 is 0 Å². The van der Waals surface area contributed by atoms with Crippen LogP contribution >= 0.6 is 0 Å². The second kappa shape index (κ2) is 8.08. The minimum Gasteiger partial charge on any atom is -0.380 e. The molecular weight excluding hydrogens is 272 g/mol. The Kier molecular flexibility index (Phi) is 5.83. The first-order chi connectivity index (χ1) is 10.6. The molecule has 0 aliphatic carbocycles. The average molecular weight is 296 g/mol. The lowest BCUT2D eigenvalue weighted by Gasteiger charge is -2.22. The maximum absolute atomic E-state index is 5.96. The van der Waals surface area contributed by atoms with Crippen LogP contribution in [0.2, 0.25) is 0 Å². The molecule has 22 heavy (non-hydrogen) atoms. The zero-order chi connectivity index (χ0) is 15.8. The van der Waals surface area contributed by atoms with Gasteiger partial charge in [0, 0.05) is 17.4 Å². The summed E-state index contributed by atoms with van der Waals surface area (Å²) in [4.78, 5) is 4.46. The normalized spacial score (nSPS) is 13.0. The molecule has 0 aliphatic rings. The van der Waals surface area contributed by atoms with Crippen LogP contribution < -0.4 is 16.4 Å². The van der Waals surface area contributed by atoms with E-state index in [2.05, 4.69) is 41.6 Å². The Bertz CT molecular complexity index is 579. The summed E-state index contributed by atoms with van der Waals surface area (Å²) < 4.78 is 0. The maximum Gasteiger partial charge on any atom is 0.193 e. The number of benzene rings is 2. The summed E-state index contributed by atoms with van der Waals surface area (Å²) in [6, 6.07) is 20.2. The van der Waals surface area contributed by atoms with Gasteiger partial charge in [0.1, 0.15) is 0 Å². The van der Waals surface area contributed by atoms with Crippen LogP contribution in [-0.4, -0.2) is 18.5 Å². The first kappa shape index (κ1) is 15.9. The van der Waals surface area contributed by atoms with Gasteiger partial charge in [-0.25, -0.2) is 0 Å². The van der Waals surface area contributed by atoms with E-state index in [1.807, 2.05) is 48.5 Å². The second-order valence-electron chi connectivity index (χ2n) is 5.58. The lowest BCUT2D eigenvalue weighted by Crippen LogP contribution is -2.31. The summed E-state index contributed by atoms with van der Waals surface area (Å²) in [5, 5.41) is 6.61. The minimum atomic E-state index is 0.235. The van der Waals surface area contributed by atoms with Gasteiger partial charge in [0.25, 0.3) is 0 Å². The summed E-state index contributed by atoms with van der Waals surface area (Å²) in [6.45, 7) is 4.98. The quantitative estimate of drug-likeness (QED) is 0.564. The van der Waals surface area contributed by atoms with Crippen molar-refractivity contribution in [3.8, 4) is 0 Å².